The standard InChI is InChI=1S/C10H8N2O4/c13-7-4-2-1-3-6(7)10-11-8(16-12-10)5-9(14)15/h1-4,13H,5H2,(H,14,15). The first-order chi connectivity index (χ1) is 7.66. The van der Waals surface area contributed by atoms with Crippen LogP contribution in [0.4, 0.5) is 0 Å². The minimum Gasteiger partial charge on any atom is -0.507 e. The van der Waals surface area contributed by atoms with Gasteiger partial charge in [0.1, 0.15) is 12.2 Å². The highest BCUT2D eigenvalue weighted by Crippen LogP contribution is 2.25. The van der Waals surface area contributed by atoms with Crippen LogP contribution in [0, 0.1) is 0 Å². The average Bonchev–Trinajstić information content (AvgIpc) is 2.66. The molecule has 0 unspecified atom stereocenters. The number of hydrogen-bond acceptors (Lipinski definition) is 5. The van der Waals surface area contributed by atoms with E-state index in [1.807, 2.05) is 0 Å². The van der Waals surface area contributed by atoms with Gasteiger partial charge in [-0.25, -0.2) is 0 Å². The molecular weight excluding hydrogens is 212 g/mol. The summed E-state index contributed by atoms with van der Waals surface area (Å²) in [7, 11) is 0. The van der Waals surface area contributed by atoms with Crippen molar-refractivity contribution in [2.45, 2.75) is 6.42 Å². The molecular formula is C10H8N2O4. The van der Waals surface area contributed by atoms with Crippen molar-refractivity contribution in [2.24, 2.45) is 0 Å². The third-order valence-electron chi connectivity index (χ3n) is 1.92. The SMILES string of the molecule is O=C(O)Cc1nc(-c2ccccc2O)no1. The Kier molecular flexibility index (Phi) is 2.55. The van der Waals surface area contributed by atoms with Crippen LogP contribution >= 0.6 is 0 Å². The fraction of sp³-hybridized carbons (Fsp3) is 0.100. The van der Waals surface area contributed by atoms with Crippen molar-refractivity contribution in [3.8, 4) is 17.1 Å². The molecule has 0 atom stereocenters. The molecule has 16 heavy (non-hydrogen) atoms. The van der Waals surface area contributed by atoms with Gasteiger partial charge in [0.25, 0.3) is 0 Å². The number of carboxylic acids is 1. The van der Waals surface area contributed by atoms with Gasteiger partial charge in [0.15, 0.2) is 0 Å². The van der Waals surface area contributed by atoms with Crippen LogP contribution in [0.25, 0.3) is 11.4 Å². The first-order valence-corrected chi connectivity index (χ1v) is 4.49. The zero-order valence-electron chi connectivity index (χ0n) is 8.12. The van der Waals surface area contributed by atoms with Crippen molar-refractivity contribution in [3.05, 3.63) is 30.2 Å². The second-order valence-corrected chi connectivity index (χ2v) is 3.10. The average molecular weight is 220 g/mol. The van der Waals surface area contributed by atoms with Crippen LogP contribution in [-0.2, 0) is 11.2 Å². The van der Waals surface area contributed by atoms with Gasteiger partial charge >= 0.3 is 5.97 Å². The molecule has 1 aromatic carbocycles. The third-order valence-corrected chi connectivity index (χ3v) is 1.92. The maximum absolute atomic E-state index is 10.4. The first kappa shape index (κ1) is 10.2. The lowest BCUT2D eigenvalue weighted by molar-refractivity contribution is -0.136. The molecule has 0 saturated carbocycles. The minimum atomic E-state index is -1.05. The zero-order valence-corrected chi connectivity index (χ0v) is 8.12. The number of nitrogens with zero attached hydrogens (tertiary/aromatic N) is 2. The Morgan fingerprint density at radius 3 is 2.81 bits per heavy atom. The van der Waals surface area contributed by atoms with Crippen molar-refractivity contribution < 1.29 is 19.5 Å². The highest BCUT2D eigenvalue weighted by atomic mass is 16.5. The van der Waals surface area contributed by atoms with Gasteiger partial charge in [0.2, 0.25) is 11.7 Å². The number of carboxylic acid groups (broad SMARTS) is 1. The number of aromatic hydroxyl groups is 1. The Labute approximate surface area is 90.2 Å². The fourth-order valence-electron chi connectivity index (χ4n) is 1.23. The van der Waals surface area contributed by atoms with Crippen molar-refractivity contribution in [1.29, 1.82) is 0 Å². The van der Waals surface area contributed by atoms with Gasteiger partial charge in [-0.3, -0.25) is 4.79 Å². The quantitative estimate of drug-likeness (QED) is 0.803. The van der Waals surface area contributed by atoms with Crippen molar-refractivity contribution in [2.75, 3.05) is 0 Å². The predicted octanol–water partition coefficient (Wildman–Crippen LogP) is 1.07. The molecule has 6 nitrogen and oxygen atoms in total. The Balaban J connectivity index is 2.32. The molecule has 0 amide bonds. The molecule has 82 valence electrons. The second kappa shape index (κ2) is 4.01. The Morgan fingerprint density at radius 1 is 1.38 bits per heavy atom. The number of aliphatic carboxylic acids is 1. The van der Waals surface area contributed by atoms with Crippen LogP contribution in [0.15, 0.2) is 28.8 Å². The fourth-order valence-corrected chi connectivity index (χ4v) is 1.23. The number of phenols is 1. The molecule has 0 aliphatic rings. The molecule has 2 aromatic rings. The molecule has 0 bridgehead atoms. The Morgan fingerprint density at radius 2 is 2.12 bits per heavy atom. The van der Waals surface area contributed by atoms with Crippen LogP contribution in [0.3, 0.4) is 0 Å². The molecule has 0 radical (unpaired) electrons. The van der Waals surface area contributed by atoms with Crippen LogP contribution in [0.5, 0.6) is 5.75 Å². The number of benzene rings is 1. The van der Waals surface area contributed by atoms with Gasteiger partial charge < -0.3 is 14.7 Å². The van der Waals surface area contributed by atoms with Crippen molar-refractivity contribution >= 4 is 5.97 Å². The number of para-hydroxylation sites is 1. The van der Waals surface area contributed by atoms with E-state index in [1.54, 1.807) is 18.2 Å². The maximum atomic E-state index is 10.4. The normalized spacial score (nSPS) is 10.2. The van der Waals surface area contributed by atoms with Gasteiger partial charge in [-0.15, -0.1) is 0 Å². The van der Waals surface area contributed by atoms with E-state index in [0.717, 1.165) is 0 Å². The number of aromatic nitrogens is 2. The van der Waals surface area contributed by atoms with E-state index in [2.05, 4.69) is 10.1 Å². The Bertz CT molecular complexity index is 521. The van der Waals surface area contributed by atoms with Gasteiger partial charge in [-0.05, 0) is 12.1 Å². The number of hydrogen-bond donors (Lipinski definition) is 2. The van der Waals surface area contributed by atoms with Gasteiger partial charge in [-0.2, -0.15) is 4.98 Å². The predicted molar refractivity (Wildman–Crippen MR) is 52.7 cm³/mol. The van der Waals surface area contributed by atoms with Crippen LogP contribution < -0.4 is 0 Å². The summed E-state index contributed by atoms with van der Waals surface area (Å²) in [6.07, 6.45) is -0.333. The van der Waals surface area contributed by atoms with Gasteiger partial charge in [0, 0.05) is 0 Å². The molecule has 0 saturated heterocycles. The number of carbonyl (C=O) groups is 1. The van der Waals surface area contributed by atoms with E-state index < -0.39 is 5.97 Å². The molecule has 0 fully saturated rings. The van der Waals surface area contributed by atoms with E-state index in [0.29, 0.717) is 5.56 Å². The summed E-state index contributed by atoms with van der Waals surface area (Å²) in [6, 6.07) is 6.48. The highest BCUT2D eigenvalue weighted by Gasteiger charge is 2.13. The largest absolute Gasteiger partial charge is 0.507 e. The lowest BCUT2D eigenvalue weighted by Crippen LogP contribution is -1.99. The Hall–Kier alpha value is -2.37. The number of phenolic OH excluding ortho intramolecular Hbond substituents is 1. The van der Waals surface area contributed by atoms with Gasteiger partial charge in [-0.1, -0.05) is 17.3 Å². The maximum Gasteiger partial charge on any atom is 0.312 e. The third kappa shape index (κ3) is 2.00. The van der Waals surface area contributed by atoms with E-state index in [4.69, 9.17) is 9.63 Å². The van der Waals surface area contributed by atoms with Crippen LogP contribution in [0.1, 0.15) is 5.89 Å². The molecule has 0 aliphatic carbocycles. The molecule has 2 N–H and O–H groups in total. The first-order valence-electron chi connectivity index (χ1n) is 4.49. The summed E-state index contributed by atoms with van der Waals surface area (Å²) in [4.78, 5) is 14.3. The summed E-state index contributed by atoms with van der Waals surface area (Å²) in [6.45, 7) is 0. The smallest absolute Gasteiger partial charge is 0.312 e. The zero-order chi connectivity index (χ0) is 11.5. The second-order valence-electron chi connectivity index (χ2n) is 3.10. The summed E-state index contributed by atoms with van der Waals surface area (Å²) < 4.78 is 4.73. The van der Waals surface area contributed by atoms with Crippen LogP contribution in [-0.4, -0.2) is 26.3 Å². The molecule has 1 aromatic heterocycles. The van der Waals surface area contributed by atoms with Crippen LogP contribution in [0.2, 0.25) is 0 Å². The molecule has 2 rings (SSSR count). The molecule has 0 spiro atoms. The lowest BCUT2D eigenvalue weighted by atomic mass is 10.2. The molecule has 0 aliphatic heterocycles. The van der Waals surface area contributed by atoms with Crippen molar-refractivity contribution in [1.82, 2.24) is 10.1 Å². The minimum absolute atomic E-state index is 0.00533. The van der Waals surface area contributed by atoms with E-state index in [-0.39, 0.29) is 23.9 Å². The summed E-state index contributed by atoms with van der Waals surface area (Å²) in [5, 5.41) is 21.6. The van der Waals surface area contributed by atoms with Crippen molar-refractivity contribution in [3.63, 3.8) is 0 Å². The van der Waals surface area contributed by atoms with Gasteiger partial charge in [0.05, 0.1) is 5.56 Å². The number of rotatable bonds is 3. The summed E-state index contributed by atoms with van der Waals surface area (Å²) in [5.41, 5.74) is 0.405. The topological polar surface area (TPSA) is 96.5 Å². The summed E-state index contributed by atoms with van der Waals surface area (Å²) in [5.74, 6) is -0.849. The lowest BCUT2D eigenvalue weighted by Gasteiger charge is -1.96. The van der Waals surface area contributed by atoms with E-state index in [9.17, 15) is 9.90 Å². The molecule has 6 heteroatoms. The van der Waals surface area contributed by atoms with E-state index >= 15 is 0 Å². The highest BCUT2D eigenvalue weighted by molar-refractivity contribution is 5.69. The van der Waals surface area contributed by atoms with E-state index in [1.165, 1.54) is 6.07 Å². The monoisotopic (exact) mass is 220 g/mol. The molecule has 1 heterocycles. The summed E-state index contributed by atoms with van der Waals surface area (Å²) >= 11 is 0.